The first-order chi connectivity index (χ1) is 13.1. The van der Waals surface area contributed by atoms with E-state index in [9.17, 15) is 26.3 Å². The van der Waals surface area contributed by atoms with Crippen LogP contribution in [-0.4, -0.2) is 17.4 Å². The van der Waals surface area contributed by atoms with Crippen molar-refractivity contribution in [2.75, 3.05) is 5.01 Å². The van der Waals surface area contributed by atoms with Crippen LogP contribution >= 0.6 is 0 Å². The third-order valence-corrected chi connectivity index (χ3v) is 5.33. The van der Waals surface area contributed by atoms with Gasteiger partial charge in [0.15, 0.2) is 5.54 Å². The number of nitrogens with zero attached hydrogens (tertiary/aromatic N) is 2. The fourth-order valence-corrected chi connectivity index (χ4v) is 3.77. The molecule has 0 N–H and O–H groups in total. The molecule has 1 unspecified atom stereocenters. The molecule has 148 valence electrons. The SMILES string of the molecule is FC(F)(F)c1ccc(C2=NN(c3ccccc3)C(C3CC3)(C(F)(F)F)C2)cc1. The summed E-state index contributed by atoms with van der Waals surface area (Å²) in [4.78, 5) is 0. The second-order valence-corrected chi connectivity index (χ2v) is 7.14. The Balaban J connectivity index is 1.78. The molecule has 1 fully saturated rings. The lowest BCUT2D eigenvalue weighted by Gasteiger charge is -2.39. The van der Waals surface area contributed by atoms with Gasteiger partial charge in [0, 0.05) is 6.42 Å². The molecule has 2 aliphatic rings. The number of benzene rings is 2. The van der Waals surface area contributed by atoms with Gasteiger partial charge < -0.3 is 0 Å². The average molecular weight is 398 g/mol. The number of hydrazone groups is 1. The molecular formula is C20H16F6N2. The molecule has 2 aromatic carbocycles. The van der Waals surface area contributed by atoms with Crippen molar-refractivity contribution in [1.82, 2.24) is 0 Å². The van der Waals surface area contributed by atoms with E-state index in [-0.39, 0.29) is 17.7 Å². The highest BCUT2D eigenvalue weighted by atomic mass is 19.4. The van der Waals surface area contributed by atoms with Gasteiger partial charge in [-0.05, 0) is 48.6 Å². The van der Waals surface area contributed by atoms with Crippen LogP contribution in [0, 0.1) is 5.92 Å². The molecule has 2 aromatic rings. The molecule has 1 aliphatic heterocycles. The van der Waals surface area contributed by atoms with Crippen LogP contribution in [-0.2, 0) is 6.18 Å². The van der Waals surface area contributed by atoms with E-state index in [2.05, 4.69) is 5.10 Å². The predicted molar refractivity (Wildman–Crippen MR) is 93.0 cm³/mol. The van der Waals surface area contributed by atoms with Crippen LogP contribution in [0.2, 0.25) is 0 Å². The number of hydrogen-bond acceptors (Lipinski definition) is 2. The quantitative estimate of drug-likeness (QED) is 0.577. The van der Waals surface area contributed by atoms with Gasteiger partial charge in [-0.3, -0.25) is 0 Å². The topological polar surface area (TPSA) is 15.6 Å². The first-order valence-corrected chi connectivity index (χ1v) is 8.80. The van der Waals surface area contributed by atoms with E-state index in [0.717, 1.165) is 17.1 Å². The van der Waals surface area contributed by atoms with Gasteiger partial charge in [0.1, 0.15) is 0 Å². The fraction of sp³-hybridized carbons (Fsp3) is 0.350. The normalized spacial score (nSPS) is 23.1. The van der Waals surface area contributed by atoms with Crippen molar-refractivity contribution >= 4 is 11.4 Å². The third kappa shape index (κ3) is 3.04. The van der Waals surface area contributed by atoms with Gasteiger partial charge in [-0.15, -0.1) is 0 Å². The second kappa shape index (κ2) is 6.25. The number of alkyl halides is 6. The summed E-state index contributed by atoms with van der Waals surface area (Å²) in [5.74, 6) is -0.594. The van der Waals surface area contributed by atoms with Gasteiger partial charge in [0.2, 0.25) is 0 Å². The summed E-state index contributed by atoms with van der Waals surface area (Å²) in [7, 11) is 0. The van der Waals surface area contributed by atoms with Gasteiger partial charge in [0.25, 0.3) is 0 Å². The molecule has 1 atom stereocenters. The molecular weight excluding hydrogens is 382 g/mol. The first kappa shape index (κ1) is 18.8. The summed E-state index contributed by atoms with van der Waals surface area (Å²) in [5.41, 5.74) is -2.30. The van der Waals surface area contributed by atoms with Gasteiger partial charge in [-0.25, -0.2) is 5.01 Å². The van der Waals surface area contributed by atoms with Crippen molar-refractivity contribution in [3.63, 3.8) is 0 Å². The lowest BCUT2D eigenvalue weighted by Crippen LogP contribution is -2.57. The van der Waals surface area contributed by atoms with Gasteiger partial charge in [-0.2, -0.15) is 31.4 Å². The van der Waals surface area contributed by atoms with Crippen LogP contribution in [0.4, 0.5) is 32.0 Å². The largest absolute Gasteiger partial charge is 0.416 e. The van der Waals surface area contributed by atoms with Crippen molar-refractivity contribution in [2.24, 2.45) is 11.0 Å². The Morgan fingerprint density at radius 2 is 1.46 bits per heavy atom. The highest BCUT2D eigenvalue weighted by Crippen LogP contribution is 2.57. The fourth-order valence-electron chi connectivity index (χ4n) is 3.77. The zero-order chi connectivity index (χ0) is 20.2. The summed E-state index contributed by atoms with van der Waals surface area (Å²) < 4.78 is 81.2. The Morgan fingerprint density at radius 1 is 0.857 bits per heavy atom. The number of halogens is 6. The van der Waals surface area contributed by atoms with Crippen LogP contribution in [0.5, 0.6) is 0 Å². The summed E-state index contributed by atoms with van der Waals surface area (Å²) in [6, 6.07) is 12.2. The van der Waals surface area contributed by atoms with Gasteiger partial charge >= 0.3 is 12.4 Å². The molecule has 0 radical (unpaired) electrons. The summed E-state index contributed by atoms with van der Waals surface area (Å²) in [6.07, 6.45) is -8.55. The highest BCUT2D eigenvalue weighted by Gasteiger charge is 2.68. The van der Waals surface area contributed by atoms with E-state index in [0.29, 0.717) is 18.5 Å². The van der Waals surface area contributed by atoms with E-state index in [4.69, 9.17) is 0 Å². The minimum absolute atomic E-state index is 0.141. The maximum Gasteiger partial charge on any atom is 0.416 e. The number of para-hydroxylation sites is 1. The van der Waals surface area contributed by atoms with E-state index in [1.807, 2.05) is 0 Å². The molecule has 0 amide bonds. The maximum atomic E-state index is 14.3. The summed E-state index contributed by atoms with van der Waals surface area (Å²) in [6.45, 7) is 0. The predicted octanol–water partition coefficient (Wildman–Crippen LogP) is 6.03. The van der Waals surface area contributed by atoms with E-state index in [1.54, 1.807) is 30.3 Å². The van der Waals surface area contributed by atoms with Crippen molar-refractivity contribution in [1.29, 1.82) is 0 Å². The van der Waals surface area contributed by atoms with E-state index < -0.39 is 29.4 Å². The van der Waals surface area contributed by atoms with Crippen molar-refractivity contribution < 1.29 is 26.3 Å². The number of rotatable bonds is 3. The zero-order valence-corrected chi connectivity index (χ0v) is 14.6. The minimum atomic E-state index is -4.54. The Bertz CT molecular complexity index is 882. The minimum Gasteiger partial charge on any atom is -0.249 e. The molecule has 0 spiro atoms. The standard InChI is InChI=1S/C20H16F6N2/c21-19(22,23)15-8-6-13(7-9-15)17-12-18(14-10-11-14,20(24,25)26)28(27-17)16-4-2-1-3-5-16/h1-9,14H,10-12H2. The van der Waals surface area contributed by atoms with Crippen molar-refractivity contribution in [3.05, 3.63) is 65.7 Å². The lowest BCUT2D eigenvalue weighted by molar-refractivity contribution is -0.189. The second-order valence-electron chi connectivity index (χ2n) is 7.14. The molecule has 0 bridgehead atoms. The maximum absolute atomic E-state index is 14.3. The Labute approximate surface area is 157 Å². The molecule has 1 aliphatic carbocycles. The Hall–Kier alpha value is -2.51. The molecule has 8 heteroatoms. The number of hydrogen-bond donors (Lipinski definition) is 0. The van der Waals surface area contributed by atoms with Crippen LogP contribution in [0.25, 0.3) is 0 Å². The van der Waals surface area contributed by atoms with Crippen molar-refractivity contribution in [2.45, 2.75) is 37.2 Å². The highest BCUT2D eigenvalue weighted by molar-refractivity contribution is 6.04. The van der Waals surface area contributed by atoms with Crippen LogP contribution < -0.4 is 5.01 Å². The van der Waals surface area contributed by atoms with Crippen LogP contribution in [0.3, 0.4) is 0 Å². The van der Waals surface area contributed by atoms with E-state index in [1.165, 1.54) is 12.1 Å². The van der Waals surface area contributed by atoms with Crippen LogP contribution in [0.1, 0.15) is 30.4 Å². The molecule has 4 rings (SSSR count). The third-order valence-electron chi connectivity index (χ3n) is 5.33. The van der Waals surface area contributed by atoms with Gasteiger partial charge in [-0.1, -0.05) is 30.3 Å². The molecule has 1 saturated carbocycles. The molecule has 2 nitrogen and oxygen atoms in total. The zero-order valence-electron chi connectivity index (χ0n) is 14.6. The molecule has 0 aromatic heterocycles. The monoisotopic (exact) mass is 398 g/mol. The molecule has 1 heterocycles. The smallest absolute Gasteiger partial charge is 0.249 e. The summed E-state index contributed by atoms with van der Waals surface area (Å²) >= 11 is 0. The van der Waals surface area contributed by atoms with Crippen molar-refractivity contribution in [3.8, 4) is 0 Å². The Kier molecular flexibility index (Phi) is 4.21. The van der Waals surface area contributed by atoms with E-state index >= 15 is 0 Å². The first-order valence-electron chi connectivity index (χ1n) is 8.80. The molecule has 0 saturated heterocycles. The number of anilines is 1. The Morgan fingerprint density at radius 3 is 1.96 bits per heavy atom. The lowest BCUT2D eigenvalue weighted by atomic mass is 9.85. The average Bonchev–Trinajstić information content (AvgIpc) is 3.40. The summed E-state index contributed by atoms with van der Waals surface area (Å²) in [5, 5.41) is 5.28. The van der Waals surface area contributed by atoms with Gasteiger partial charge in [0.05, 0.1) is 17.0 Å². The molecule has 28 heavy (non-hydrogen) atoms. The van der Waals surface area contributed by atoms with Crippen LogP contribution in [0.15, 0.2) is 59.7 Å².